The molecule has 0 fully saturated rings. The average molecular weight is 283 g/mol. The van der Waals surface area contributed by atoms with Crippen LogP contribution < -0.4 is 15.4 Å². The first kappa shape index (κ1) is 13.6. The second-order valence-corrected chi connectivity index (χ2v) is 5.04. The van der Waals surface area contributed by atoms with Crippen LogP contribution in [-0.2, 0) is 17.9 Å². The number of anilines is 1. The number of amides is 1. The SMILES string of the molecule is Cc1cccnc1CNCc1ccc2c(c1)NC(=O)CO2. The molecule has 2 N–H and O–H groups in total. The number of pyridine rings is 1. The summed E-state index contributed by atoms with van der Waals surface area (Å²) in [7, 11) is 0. The van der Waals surface area contributed by atoms with E-state index in [0.29, 0.717) is 13.1 Å². The molecular weight excluding hydrogens is 266 g/mol. The lowest BCUT2D eigenvalue weighted by Gasteiger charge is -2.18. The van der Waals surface area contributed by atoms with E-state index in [1.165, 1.54) is 5.56 Å². The van der Waals surface area contributed by atoms with Gasteiger partial charge in [-0.05, 0) is 36.2 Å². The molecule has 2 heterocycles. The molecule has 5 nitrogen and oxygen atoms in total. The Hall–Kier alpha value is -2.40. The number of aromatic nitrogens is 1. The minimum absolute atomic E-state index is 0.0869. The summed E-state index contributed by atoms with van der Waals surface area (Å²) in [4.78, 5) is 15.7. The fourth-order valence-corrected chi connectivity index (χ4v) is 2.27. The van der Waals surface area contributed by atoms with Gasteiger partial charge < -0.3 is 15.4 Å². The van der Waals surface area contributed by atoms with Crippen molar-refractivity contribution in [1.29, 1.82) is 0 Å². The van der Waals surface area contributed by atoms with E-state index in [2.05, 4.69) is 28.6 Å². The van der Waals surface area contributed by atoms with Crippen molar-refractivity contribution in [2.75, 3.05) is 11.9 Å². The van der Waals surface area contributed by atoms with Gasteiger partial charge in [0.1, 0.15) is 5.75 Å². The minimum Gasteiger partial charge on any atom is -0.482 e. The van der Waals surface area contributed by atoms with Crippen molar-refractivity contribution in [2.45, 2.75) is 20.0 Å². The third-order valence-electron chi connectivity index (χ3n) is 3.42. The Labute approximate surface area is 123 Å². The molecular formula is C16H17N3O2. The second kappa shape index (κ2) is 5.93. The summed E-state index contributed by atoms with van der Waals surface area (Å²) in [6, 6.07) is 9.80. The molecule has 0 spiro atoms. The molecule has 3 rings (SSSR count). The number of rotatable bonds is 4. The van der Waals surface area contributed by atoms with E-state index in [4.69, 9.17) is 4.74 Å². The van der Waals surface area contributed by atoms with Gasteiger partial charge in [-0.3, -0.25) is 9.78 Å². The number of aryl methyl sites for hydroxylation is 1. The Morgan fingerprint density at radius 1 is 1.33 bits per heavy atom. The number of carbonyl (C=O) groups is 1. The lowest BCUT2D eigenvalue weighted by molar-refractivity contribution is -0.118. The normalized spacial score (nSPS) is 13.3. The molecule has 0 aliphatic carbocycles. The van der Waals surface area contributed by atoms with Crippen LogP contribution in [0.5, 0.6) is 5.75 Å². The first-order valence-corrected chi connectivity index (χ1v) is 6.89. The fourth-order valence-electron chi connectivity index (χ4n) is 2.27. The Morgan fingerprint density at radius 2 is 2.24 bits per heavy atom. The van der Waals surface area contributed by atoms with E-state index in [9.17, 15) is 4.79 Å². The molecule has 1 aromatic carbocycles. The predicted molar refractivity (Wildman–Crippen MR) is 80.1 cm³/mol. The van der Waals surface area contributed by atoms with Crippen molar-refractivity contribution in [3.05, 3.63) is 53.3 Å². The van der Waals surface area contributed by atoms with Crippen molar-refractivity contribution in [3.8, 4) is 5.75 Å². The molecule has 21 heavy (non-hydrogen) atoms. The molecule has 2 aromatic rings. The largest absolute Gasteiger partial charge is 0.482 e. The highest BCUT2D eigenvalue weighted by Gasteiger charge is 2.15. The second-order valence-electron chi connectivity index (χ2n) is 5.04. The van der Waals surface area contributed by atoms with E-state index in [1.807, 2.05) is 24.3 Å². The molecule has 1 aromatic heterocycles. The summed E-state index contributed by atoms with van der Waals surface area (Å²) in [5, 5.41) is 6.17. The van der Waals surface area contributed by atoms with Crippen molar-refractivity contribution >= 4 is 11.6 Å². The molecule has 1 aliphatic rings. The maximum absolute atomic E-state index is 11.3. The molecule has 0 saturated heterocycles. The van der Waals surface area contributed by atoms with E-state index >= 15 is 0 Å². The number of benzene rings is 1. The quantitative estimate of drug-likeness (QED) is 0.901. The van der Waals surface area contributed by atoms with Gasteiger partial charge in [0.05, 0.1) is 11.4 Å². The third kappa shape index (κ3) is 3.20. The van der Waals surface area contributed by atoms with Crippen LogP contribution in [-0.4, -0.2) is 17.5 Å². The highest BCUT2D eigenvalue weighted by atomic mass is 16.5. The standard InChI is InChI=1S/C16H17N3O2/c1-11-3-2-6-18-14(11)9-17-8-12-4-5-15-13(7-12)19-16(20)10-21-15/h2-7,17H,8-10H2,1H3,(H,19,20). The number of nitrogens with one attached hydrogen (secondary N) is 2. The van der Waals surface area contributed by atoms with Crippen LogP contribution >= 0.6 is 0 Å². The van der Waals surface area contributed by atoms with Gasteiger partial charge in [-0.1, -0.05) is 12.1 Å². The molecule has 0 saturated carbocycles. The number of ether oxygens (including phenoxy) is 1. The Bertz CT molecular complexity index is 670. The molecule has 0 bridgehead atoms. The zero-order chi connectivity index (χ0) is 14.7. The number of hydrogen-bond donors (Lipinski definition) is 2. The Morgan fingerprint density at radius 3 is 3.10 bits per heavy atom. The zero-order valence-corrected chi connectivity index (χ0v) is 11.8. The lowest BCUT2D eigenvalue weighted by atomic mass is 10.1. The van der Waals surface area contributed by atoms with Crippen LogP contribution in [0.3, 0.4) is 0 Å². The van der Waals surface area contributed by atoms with Gasteiger partial charge in [0, 0.05) is 19.3 Å². The van der Waals surface area contributed by atoms with E-state index in [-0.39, 0.29) is 12.5 Å². The maximum Gasteiger partial charge on any atom is 0.262 e. The van der Waals surface area contributed by atoms with Gasteiger partial charge in [0.25, 0.3) is 5.91 Å². The van der Waals surface area contributed by atoms with Gasteiger partial charge in [-0.15, -0.1) is 0 Å². The predicted octanol–water partition coefficient (Wildman–Crippen LogP) is 2.01. The van der Waals surface area contributed by atoms with E-state index in [1.54, 1.807) is 6.20 Å². The lowest BCUT2D eigenvalue weighted by Crippen LogP contribution is -2.25. The van der Waals surface area contributed by atoms with Gasteiger partial charge in [0.15, 0.2) is 6.61 Å². The van der Waals surface area contributed by atoms with Crippen LogP contribution in [0.25, 0.3) is 0 Å². The molecule has 0 radical (unpaired) electrons. The van der Waals surface area contributed by atoms with Gasteiger partial charge in [-0.2, -0.15) is 0 Å². The first-order chi connectivity index (χ1) is 10.2. The van der Waals surface area contributed by atoms with Crippen LogP contribution in [0.4, 0.5) is 5.69 Å². The summed E-state index contributed by atoms with van der Waals surface area (Å²) < 4.78 is 5.34. The molecule has 108 valence electrons. The highest BCUT2D eigenvalue weighted by molar-refractivity contribution is 5.95. The number of fused-ring (bicyclic) bond motifs is 1. The topological polar surface area (TPSA) is 63.2 Å². The fraction of sp³-hybridized carbons (Fsp3) is 0.250. The van der Waals surface area contributed by atoms with Gasteiger partial charge in [-0.25, -0.2) is 0 Å². The maximum atomic E-state index is 11.3. The van der Waals surface area contributed by atoms with Crippen molar-refractivity contribution in [2.24, 2.45) is 0 Å². The van der Waals surface area contributed by atoms with Crippen LogP contribution in [0.2, 0.25) is 0 Å². The van der Waals surface area contributed by atoms with E-state index < -0.39 is 0 Å². The van der Waals surface area contributed by atoms with Crippen LogP contribution in [0.15, 0.2) is 36.5 Å². The smallest absolute Gasteiger partial charge is 0.262 e. The van der Waals surface area contributed by atoms with Crippen LogP contribution in [0.1, 0.15) is 16.8 Å². The minimum atomic E-state index is -0.114. The van der Waals surface area contributed by atoms with Crippen molar-refractivity contribution in [3.63, 3.8) is 0 Å². The number of nitrogens with zero attached hydrogens (tertiary/aromatic N) is 1. The molecule has 1 aliphatic heterocycles. The summed E-state index contributed by atoms with van der Waals surface area (Å²) in [6.07, 6.45) is 1.80. The highest BCUT2D eigenvalue weighted by Crippen LogP contribution is 2.28. The number of carbonyl (C=O) groups excluding carboxylic acids is 1. The average Bonchev–Trinajstić information content (AvgIpc) is 2.49. The van der Waals surface area contributed by atoms with Gasteiger partial charge in [0.2, 0.25) is 0 Å². The summed E-state index contributed by atoms with van der Waals surface area (Å²) in [6.45, 7) is 3.56. The Balaban J connectivity index is 1.62. The summed E-state index contributed by atoms with van der Waals surface area (Å²) >= 11 is 0. The van der Waals surface area contributed by atoms with Crippen molar-refractivity contribution < 1.29 is 9.53 Å². The molecule has 0 unspecified atom stereocenters. The van der Waals surface area contributed by atoms with Crippen LogP contribution in [0, 0.1) is 6.92 Å². The number of hydrogen-bond acceptors (Lipinski definition) is 4. The molecule has 1 amide bonds. The summed E-state index contributed by atoms with van der Waals surface area (Å²) in [5.41, 5.74) is 4.05. The van der Waals surface area contributed by atoms with Crippen molar-refractivity contribution in [1.82, 2.24) is 10.3 Å². The third-order valence-corrected chi connectivity index (χ3v) is 3.42. The first-order valence-electron chi connectivity index (χ1n) is 6.89. The molecule has 5 heteroatoms. The molecule has 0 atom stereocenters. The van der Waals surface area contributed by atoms with E-state index in [0.717, 1.165) is 22.7 Å². The van der Waals surface area contributed by atoms with Gasteiger partial charge >= 0.3 is 0 Å². The Kier molecular flexibility index (Phi) is 3.83. The summed E-state index contributed by atoms with van der Waals surface area (Å²) in [5.74, 6) is 0.607. The zero-order valence-electron chi connectivity index (χ0n) is 11.8. The monoisotopic (exact) mass is 283 g/mol.